The molecule has 0 aromatic carbocycles. The van der Waals surface area contributed by atoms with Crippen LogP contribution in [0.15, 0.2) is 0 Å². The second-order valence-corrected chi connectivity index (χ2v) is 7.45. The Labute approximate surface area is 171 Å². The normalized spacial score (nSPS) is 13.1. The molecule has 0 N–H and O–H groups in total. The molecule has 0 heterocycles. The molecule has 0 aliphatic carbocycles. The molecule has 28 heavy (non-hydrogen) atoms. The molecule has 0 rings (SSSR count). The standard InChI is InChI=1S/C22H42O6/c1-5-7-9-19(13-15-25-3)17-27-21(23)11-12-22(24)28-18-20(10-8-6-2)14-16-26-4/h19-20H,5-18H2,1-4H3. The number of unbranched alkanes of at least 4 members (excludes halogenated alkanes) is 2. The lowest BCUT2D eigenvalue weighted by Gasteiger charge is -2.17. The summed E-state index contributed by atoms with van der Waals surface area (Å²) >= 11 is 0. The first kappa shape index (κ1) is 26.9. The topological polar surface area (TPSA) is 71.1 Å². The third kappa shape index (κ3) is 15.9. The summed E-state index contributed by atoms with van der Waals surface area (Å²) in [5, 5.41) is 0. The Balaban J connectivity index is 4.08. The summed E-state index contributed by atoms with van der Waals surface area (Å²) in [6, 6.07) is 0. The number of esters is 2. The van der Waals surface area contributed by atoms with Crippen molar-refractivity contribution in [3.63, 3.8) is 0 Å². The molecular weight excluding hydrogens is 360 g/mol. The Kier molecular flexibility index (Phi) is 18.4. The molecule has 166 valence electrons. The van der Waals surface area contributed by atoms with Crippen LogP contribution in [-0.4, -0.2) is 52.6 Å². The first-order valence-electron chi connectivity index (χ1n) is 10.9. The van der Waals surface area contributed by atoms with Crippen molar-refractivity contribution in [1.29, 1.82) is 0 Å². The van der Waals surface area contributed by atoms with E-state index in [1.54, 1.807) is 14.2 Å². The van der Waals surface area contributed by atoms with Gasteiger partial charge in [0.2, 0.25) is 0 Å². The molecule has 0 aliphatic rings. The minimum Gasteiger partial charge on any atom is -0.465 e. The van der Waals surface area contributed by atoms with E-state index in [4.69, 9.17) is 18.9 Å². The number of carbonyl (C=O) groups excluding carboxylic acids is 2. The molecule has 0 aromatic heterocycles. The first-order chi connectivity index (χ1) is 13.6. The molecule has 0 saturated heterocycles. The summed E-state index contributed by atoms with van der Waals surface area (Å²) < 4.78 is 21.0. The molecule has 0 fully saturated rings. The van der Waals surface area contributed by atoms with Crippen LogP contribution in [0.3, 0.4) is 0 Å². The van der Waals surface area contributed by atoms with Crippen LogP contribution in [0.2, 0.25) is 0 Å². The van der Waals surface area contributed by atoms with Crippen molar-refractivity contribution >= 4 is 11.9 Å². The average molecular weight is 403 g/mol. The van der Waals surface area contributed by atoms with Crippen LogP contribution in [0.25, 0.3) is 0 Å². The van der Waals surface area contributed by atoms with Crippen molar-refractivity contribution in [2.24, 2.45) is 11.8 Å². The second kappa shape index (κ2) is 19.2. The zero-order valence-corrected chi connectivity index (χ0v) is 18.5. The Hall–Kier alpha value is -1.14. The molecule has 2 atom stereocenters. The lowest BCUT2D eigenvalue weighted by atomic mass is 10.00. The number of hydrogen-bond acceptors (Lipinski definition) is 6. The molecule has 0 radical (unpaired) electrons. The van der Waals surface area contributed by atoms with Gasteiger partial charge in [-0.3, -0.25) is 9.59 Å². The van der Waals surface area contributed by atoms with E-state index in [9.17, 15) is 9.59 Å². The van der Waals surface area contributed by atoms with Crippen LogP contribution < -0.4 is 0 Å². The van der Waals surface area contributed by atoms with Crippen molar-refractivity contribution in [2.45, 2.75) is 78.1 Å². The minimum absolute atomic E-state index is 0.0707. The van der Waals surface area contributed by atoms with Gasteiger partial charge in [-0.2, -0.15) is 0 Å². The second-order valence-electron chi connectivity index (χ2n) is 7.45. The van der Waals surface area contributed by atoms with Gasteiger partial charge in [0.05, 0.1) is 26.1 Å². The van der Waals surface area contributed by atoms with E-state index in [-0.39, 0.29) is 24.8 Å². The zero-order valence-electron chi connectivity index (χ0n) is 18.5. The van der Waals surface area contributed by atoms with E-state index in [1.165, 1.54) is 0 Å². The molecule has 0 spiro atoms. The highest BCUT2D eigenvalue weighted by atomic mass is 16.5. The number of ether oxygens (including phenoxy) is 4. The highest BCUT2D eigenvalue weighted by Crippen LogP contribution is 2.15. The maximum absolute atomic E-state index is 11.9. The monoisotopic (exact) mass is 402 g/mol. The van der Waals surface area contributed by atoms with Crippen LogP contribution in [0.5, 0.6) is 0 Å². The van der Waals surface area contributed by atoms with E-state index in [0.29, 0.717) is 38.3 Å². The summed E-state index contributed by atoms with van der Waals surface area (Å²) in [6.07, 6.45) is 8.41. The van der Waals surface area contributed by atoms with Gasteiger partial charge in [0, 0.05) is 27.4 Å². The van der Waals surface area contributed by atoms with Gasteiger partial charge in [0.1, 0.15) is 0 Å². The molecule has 2 unspecified atom stereocenters. The number of hydrogen-bond donors (Lipinski definition) is 0. The maximum Gasteiger partial charge on any atom is 0.306 e. The predicted molar refractivity (Wildman–Crippen MR) is 110 cm³/mol. The highest BCUT2D eigenvalue weighted by molar-refractivity contribution is 5.77. The lowest BCUT2D eigenvalue weighted by Crippen LogP contribution is -2.19. The molecular formula is C22H42O6. The Bertz CT molecular complexity index is 333. The number of rotatable bonds is 19. The van der Waals surface area contributed by atoms with Crippen LogP contribution in [-0.2, 0) is 28.5 Å². The van der Waals surface area contributed by atoms with Gasteiger partial charge in [-0.1, -0.05) is 39.5 Å². The molecule has 6 nitrogen and oxygen atoms in total. The maximum atomic E-state index is 11.9. The van der Waals surface area contributed by atoms with Gasteiger partial charge >= 0.3 is 11.9 Å². The molecule has 0 bridgehead atoms. The minimum atomic E-state index is -0.335. The Morgan fingerprint density at radius 3 is 1.39 bits per heavy atom. The van der Waals surface area contributed by atoms with Crippen molar-refractivity contribution in [3.05, 3.63) is 0 Å². The van der Waals surface area contributed by atoms with Crippen molar-refractivity contribution < 1.29 is 28.5 Å². The van der Waals surface area contributed by atoms with Crippen LogP contribution >= 0.6 is 0 Å². The fourth-order valence-corrected chi connectivity index (χ4v) is 2.95. The summed E-state index contributed by atoms with van der Waals surface area (Å²) in [6.45, 7) is 6.42. The molecule has 0 aliphatic heterocycles. The molecule has 0 saturated carbocycles. The van der Waals surface area contributed by atoms with E-state index in [1.807, 2.05) is 0 Å². The molecule has 0 amide bonds. The fourth-order valence-electron chi connectivity index (χ4n) is 2.95. The number of carbonyl (C=O) groups is 2. The first-order valence-corrected chi connectivity index (χ1v) is 10.9. The summed E-state index contributed by atoms with van der Waals surface area (Å²) in [4.78, 5) is 23.9. The molecule has 6 heteroatoms. The summed E-state index contributed by atoms with van der Waals surface area (Å²) in [5.41, 5.74) is 0. The van der Waals surface area contributed by atoms with Gasteiger partial charge < -0.3 is 18.9 Å². The SMILES string of the molecule is CCCCC(CCOC)COC(=O)CCC(=O)OCC(CCCC)CCOC. The van der Waals surface area contributed by atoms with Gasteiger partial charge in [-0.05, 0) is 37.5 Å². The van der Waals surface area contributed by atoms with E-state index < -0.39 is 0 Å². The predicted octanol–water partition coefficient (Wildman–Crippen LogP) is 4.54. The zero-order chi connectivity index (χ0) is 21.0. The Morgan fingerprint density at radius 2 is 1.07 bits per heavy atom. The average Bonchev–Trinajstić information content (AvgIpc) is 2.71. The van der Waals surface area contributed by atoms with Crippen molar-refractivity contribution in [1.82, 2.24) is 0 Å². The largest absolute Gasteiger partial charge is 0.465 e. The van der Waals surface area contributed by atoms with Gasteiger partial charge in [0.25, 0.3) is 0 Å². The van der Waals surface area contributed by atoms with E-state index in [0.717, 1.165) is 51.4 Å². The van der Waals surface area contributed by atoms with Crippen molar-refractivity contribution in [3.8, 4) is 0 Å². The Morgan fingerprint density at radius 1 is 0.679 bits per heavy atom. The molecule has 0 aromatic rings. The van der Waals surface area contributed by atoms with Crippen LogP contribution in [0, 0.1) is 11.8 Å². The van der Waals surface area contributed by atoms with Gasteiger partial charge in [-0.25, -0.2) is 0 Å². The van der Waals surface area contributed by atoms with Crippen LogP contribution in [0.4, 0.5) is 0 Å². The van der Waals surface area contributed by atoms with E-state index >= 15 is 0 Å². The van der Waals surface area contributed by atoms with Crippen molar-refractivity contribution in [2.75, 3.05) is 40.6 Å². The smallest absolute Gasteiger partial charge is 0.306 e. The van der Waals surface area contributed by atoms with E-state index in [2.05, 4.69) is 13.8 Å². The van der Waals surface area contributed by atoms with Crippen LogP contribution in [0.1, 0.15) is 78.1 Å². The summed E-state index contributed by atoms with van der Waals surface area (Å²) in [5.74, 6) is -0.0395. The fraction of sp³-hybridized carbons (Fsp3) is 0.909. The lowest BCUT2D eigenvalue weighted by molar-refractivity contribution is -0.152. The number of methoxy groups -OCH3 is 2. The summed E-state index contributed by atoms with van der Waals surface area (Å²) in [7, 11) is 3.35. The van der Waals surface area contributed by atoms with Gasteiger partial charge in [0.15, 0.2) is 0 Å². The third-order valence-corrected chi connectivity index (χ3v) is 4.89. The van der Waals surface area contributed by atoms with Gasteiger partial charge in [-0.15, -0.1) is 0 Å². The highest BCUT2D eigenvalue weighted by Gasteiger charge is 2.15. The quantitative estimate of drug-likeness (QED) is 0.295. The third-order valence-electron chi connectivity index (χ3n) is 4.89.